The molecular formula is C13H19N3O3. The predicted molar refractivity (Wildman–Crippen MR) is 73.9 cm³/mol. The average Bonchev–Trinajstić information content (AvgIpc) is 2.29. The summed E-state index contributed by atoms with van der Waals surface area (Å²) in [6, 6.07) is 3.64. The number of nitrogens with two attached hydrogens (primary N) is 1. The fourth-order valence-electron chi connectivity index (χ4n) is 1.46. The van der Waals surface area contributed by atoms with Crippen molar-refractivity contribution in [3.8, 4) is 0 Å². The van der Waals surface area contributed by atoms with Gasteiger partial charge in [0.15, 0.2) is 0 Å². The van der Waals surface area contributed by atoms with Crippen LogP contribution in [0.4, 0.5) is 11.4 Å². The van der Waals surface area contributed by atoms with Gasteiger partial charge in [0.05, 0.1) is 16.7 Å². The van der Waals surface area contributed by atoms with E-state index in [2.05, 4.69) is 5.32 Å². The number of non-ortho nitro benzene ring substituents is 1. The van der Waals surface area contributed by atoms with Crippen LogP contribution in [0.2, 0.25) is 0 Å². The molecular weight excluding hydrogens is 246 g/mol. The molecule has 104 valence electrons. The van der Waals surface area contributed by atoms with E-state index in [1.54, 1.807) is 13.0 Å². The van der Waals surface area contributed by atoms with Crippen molar-refractivity contribution in [3.05, 3.63) is 33.9 Å². The molecule has 0 fully saturated rings. The van der Waals surface area contributed by atoms with Gasteiger partial charge in [-0.3, -0.25) is 14.9 Å². The largest absolute Gasteiger partial charge is 0.324 e. The summed E-state index contributed by atoms with van der Waals surface area (Å²) in [5.74, 6) is -0.351. The first-order valence-electron chi connectivity index (χ1n) is 5.94. The molecule has 0 radical (unpaired) electrons. The highest BCUT2D eigenvalue weighted by Crippen LogP contribution is 2.24. The Morgan fingerprint density at radius 2 is 2.00 bits per heavy atom. The summed E-state index contributed by atoms with van der Waals surface area (Å²) in [7, 11) is 0. The Balaban J connectivity index is 2.96. The first-order valence-corrected chi connectivity index (χ1v) is 5.94. The molecule has 1 aromatic carbocycles. The number of nitro benzene ring substituents is 1. The lowest BCUT2D eigenvalue weighted by Gasteiger charge is -2.26. The molecule has 3 N–H and O–H groups in total. The van der Waals surface area contributed by atoms with E-state index < -0.39 is 11.0 Å². The van der Waals surface area contributed by atoms with Crippen LogP contribution in [0.25, 0.3) is 0 Å². The van der Waals surface area contributed by atoms with Crippen molar-refractivity contribution in [2.45, 2.75) is 33.7 Å². The molecule has 0 heterocycles. The number of rotatable bonds is 3. The van der Waals surface area contributed by atoms with Gasteiger partial charge in [-0.2, -0.15) is 0 Å². The van der Waals surface area contributed by atoms with Crippen molar-refractivity contribution >= 4 is 17.3 Å². The van der Waals surface area contributed by atoms with Gasteiger partial charge in [-0.05, 0) is 17.9 Å². The Hall–Kier alpha value is -1.95. The van der Waals surface area contributed by atoms with Crippen LogP contribution in [0.15, 0.2) is 18.2 Å². The van der Waals surface area contributed by atoms with Crippen molar-refractivity contribution in [2.24, 2.45) is 11.1 Å². The third-order valence-electron chi connectivity index (χ3n) is 2.91. The number of hydrogen-bond acceptors (Lipinski definition) is 4. The number of carbonyl (C=O) groups excluding carboxylic acids is 1. The third-order valence-corrected chi connectivity index (χ3v) is 2.91. The van der Waals surface area contributed by atoms with E-state index in [0.717, 1.165) is 5.56 Å². The first kappa shape index (κ1) is 15.1. The fraction of sp³-hybridized carbons (Fsp3) is 0.462. The van der Waals surface area contributed by atoms with Crippen molar-refractivity contribution < 1.29 is 9.72 Å². The summed E-state index contributed by atoms with van der Waals surface area (Å²) in [5.41, 5.74) is 6.57. The number of benzene rings is 1. The number of carbonyl (C=O) groups is 1. The predicted octanol–water partition coefficient (Wildman–Crippen LogP) is 2.22. The van der Waals surface area contributed by atoms with Gasteiger partial charge in [0.25, 0.3) is 5.69 Å². The second-order valence-electron chi connectivity index (χ2n) is 5.59. The van der Waals surface area contributed by atoms with Gasteiger partial charge in [0, 0.05) is 12.1 Å². The number of hydrogen-bond donors (Lipinski definition) is 2. The van der Waals surface area contributed by atoms with Gasteiger partial charge in [-0.15, -0.1) is 0 Å². The van der Waals surface area contributed by atoms with Gasteiger partial charge in [-0.1, -0.05) is 26.8 Å². The molecule has 0 bridgehead atoms. The van der Waals surface area contributed by atoms with Crippen LogP contribution < -0.4 is 11.1 Å². The van der Waals surface area contributed by atoms with Crippen LogP contribution in [0.1, 0.15) is 26.3 Å². The smallest absolute Gasteiger partial charge is 0.271 e. The highest BCUT2D eigenvalue weighted by Gasteiger charge is 2.27. The molecule has 0 aliphatic rings. The number of nitrogens with one attached hydrogen (secondary N) is 1. The number of nitrogens with zero attached hydrogens (tertiary/aromatic N) is 1. The van der Waals surface area contributed by atoms with E-state index in [1.165, 1.54) is 12.1 Å². The van der Waals surface area contributed by atoms with Crippen LogP contribution in [-0.4, -0.2) is 16.9 Å². The average molecular weight is 265 g/mol. The highest BCUT2D eigenvalue weighted by molar-refractivity contribution is 5.96. The lowest BCUT2D eigenvalue weighted by atomic mass is 9.87. The lowest BCUT2D eigenvalue weighted by molar-refractivity contribution is -0.384. The van der Waals surface area contributed by atoms with E-state index in [1.807, 2.05) is 20.8 Å². The Bertz CT molecular complexity index is 506. The van der Waals surface area contributed by atoms with Gasteiger partial charge in [-0.25, -0.2) is 0 Å². The Labute approximate surface area is 112 Å². The van der Waals surface area contributed by atoms with Crippen molar-refractivity contribution in [3.63, 3.8) is 0 Å². The van der Waals surface area contributed by atoms with Gasteiger partial charge < -0.3 is 11.1 Å². The van der Waals surface area contributed by atoms with Crippen molar-refractivity contribution in [1.29, 1.82) is 0 Å². The minimum absolute atomic E-state index is 0.0646. The van der Waals surface area contributed by atoms with E-state index in [9.17, 15) is 14.9 Å². The van der Waals surface area contributed by atoms with Gasteiger partial charge in [0.2, 0.25) is 5.91 Å². The molecule has 0 saturated carbocycles. The van der Waals surface area contributed by atoms with Gasteiger partial charge in [0.1, 0.15) is 0 Å². The summed E-state index contributed by atoms with van der Waals surface area (Å²) < 4.78 is 0. The molecule has 1 atom stereocenters. The number of aryl methyl sites for hydroxylation is 1. The molecule has 0 saturated heterocycles. The molecule has 1 rings (SSSR count). The van der Waals surface area contributed by atoms with Crippen LogP contribution in [0, 0.1) is 22.5 Å². The Morgan fingerprint density at radius 3 is 2.47 bits per heavy atom. The quantitative estimate of drug-likeness (QED) is 0.646. The Kier molecular flexibility index (Phi) is 4.26. The normalized spacial score (nSPS) is 12.9. The monoisotopic (exact) mass is 265 g/mol. The fourth-order valence-corrected chi connectivity index (χ4v) is 1.46. The van der Waals surface area contributed by atoms with Crippen LogP contribution in [-0.2, 0) is 4.79 Å². The maximum absolute atomic E-state index is 12.0. The zero-order valence-electron chi connectivity index (χ0n) is 11.6. The van der Waals surface area contributed by atoms with E-state index in [0.29, 0.717) is 5.69 Å². The summed E-state index contributed by atoms with van der Waals surface area (Å²) in [4.78, 5) is 22.2. The molecule has 0 aliphatic carbocycles. The zero-order chi connectivity index (χ0) is 14.8. The molecule has 6 heteroatoms. The minimum atomic E-state index is -0.689. The second kappa shape index (κ2) is 5.36. The summed E-state index contributed by atoms with van der Waals surface area (Å²) in [5, 5.41) is 13.4. The summed E-state index contributed by atoms with van der Waals surface area (Å²) in [6.45, 7) is 7.34. The number of anilines is 1. The second-order valence-corrected chi connectivity index (χ2v) is 5.59. The zero-order valence-corrected chi connectivity index (χ0v) is 11.6. The van der Waals surface area contributed by atoms with Crippen molar-refractivity contribution in [2.75, 3.05) is 5.32 Å². The van der Waals surface area contributed by atoms with E-state index in [4.69, 9.17) is 5.73 Å². The Morgan fingerprint density at radius 1 is 1.42 bits per heavy atom. The van der Waals surface area contributed by atoms with E-state index in [-0.39, 0.29) is 17.0 Å². The van der Waals surface area contributed by atoms with Crippen molar-refractivity contribution in [1.82, 2.24) is 0 Å². The number of nitro groups is 1. The lowest BCUT2D eigenvalue weighted by Crippen LogP contribution is -2.45. The maximum atomic E-state index is 12.0. The molecule has 0 spiro atoms. The van der Waals surface area contributed by atoms with Crippen LogP contribution >= 0.6 is 0 Å². The maximum Gasteiger partial charge on any atom is 0.271 e. The highest BCUT2D eigenvalue weighted by atomic mass is 16.6. The van der Waals surface area contributed by atoms with E-state index >= 15 is 0 Å². The molecule has 0 aromatic heterocycles. The summed E-state index contributed by atoms with van der Waals surface area (Å²) in [6.07, 6.45) is 0. The first-order chi connectivity index (χ1) is 8.62. The summed E-state index contributed by atoms with van der Waals surface area (Å²) >= 11 is 0. The van der Waals surface area contributed by atoms with Crippen LogP contribution in [0.3, 0.4) is 0 Å². The molecule has 1 amide bonds. The van der Waals surface area contributed by atoms with Crippen LogP contribution in [0.5, 0.6) is 0 Å². The molecule has 1 aromatic rings. The SMILES string of the molecule is Cc1ccc([N+](=O)[O-])cc1NC(=O)C(N)C(C)(C)C. The molecule has 1 unspecified atom stereocenters. The number of amides is 1. The third kappa shape index (κ3) is 3.75. The molecule has 0 aliphatic heterocycles. The van der Waals surface area contributed by atoms with Gasteiger partial charge >= 0.3 is 0 Å². The topological polar surface area (TPSA) is 98.3 Å². The minimum Gasteiger partial charge on any atom is -0.324 e. The molecule has 19 heavy (non-hydrogen) atoms. The molecule has 6 nitrogen and oxygen atoms in total. The standard InChI is InChI=1S/C13H19N3O3/c1-8-5-6-9(16(18)19)7-10(8)15-12(17)11(14)13(2,3)4/h5-7,11H,14H2,1-4H3,(H,15,17).